The SMILES string of the molecule is O=C(c1ccccc1I)N1CCCC1c1cccc(Cl)c1. The summed E-state index contributed by atoms with van der Waals surface area (Å²) in [4.78, 5) is 14.8. The first-order chi connectivity index (χ1) is 10.2. The molecule has 1 fully saturated rings. The number of carbonyl (C=O) groups is 1. The summed E-state index contributed by atoms with van der Waals surface area (Å²) >= 11 is 8.31. The fraction of sp³-hybridized carbons (Fsp3) is 0.235. The van der Waals surface area contributed by atoms with Gasteiger partial charge in [0.05, 0.1) is 11.6 Å². The maximum atomic E-state index is 12.8. The van der Waals surface area contributed by atoms with Crippen LogP contribution >= 0.6 is 34.2 Å². The molecule has 1 aliphatic rings. The molecule has 2 nitrogen and oxygen atoms in total. The van der Waals surface area contributed by atoms with Crippen molar-refractivity contribution in [2.45, 2.75) is 18.9 Å². The molecule has 0 N–H and O–H groups in total. The lowest BCUT2D eigenvalue weighted by Crippen LogP contribution is -2.31. The maximum absolute atomic E-state index is 12.8. The number of hydrogen-bond acceptors (Lipinski definition) is 1. The van der Waals surface area contributed by atoms with Crippen molar-refractivity contribution in [1.82, 2.24) is 4.90 Å². The second kappa shape index (κ2) is 6.36. The van der Waals surface area contributed by atoms with Crippen LogP contribution in [0.3, 0.4) is 0 Å². The molecule has 0 radical (unpaired) electrons. The normalized spacial score (nSPS) is 18.0. The minimum Gasteiger partial charge on any atom is -0.332 e. The Morgan fingerprint density at radius 2 is 2.00 bits per heavy atom. The van der Waals surface area contributed by atoms with Gasteiger partial charge in [-0.25, -0.2) is 0 Å². The van der Waals surface area contributed by atoms with Crippen LogP contribution in [0.2, 0.25) is 5.02 Å². The van der Waals surface area contributed by atoms with Crippen molar-refractivity contribution >= 4 is 40.1 Å². The zero-order chi connectivity index (χ0) is 14.8. The minimum atomic E-state index is 0.113. The minimum absolute atomic E-state index is 0.113. The molecular weight excluding hydrogens is 397 g/mol. The lowest BCUT2D eigenvalue weighted by molar-refractivity contribution is 0.0734. The molecule has 1 saturated heterocycles. The molecule has 21 heavy (non-hydrogen) atoms. The van der Waals surface area contributed by atoms with Crippen LogP contribution in [0, 0.1) is 3.57 Å². The lowest BCUT2D eigenvalue weighted by Gasteiger charge is -2.25. The van der Waals surface area contributed by atoms with E-state index in [2.05, 4.69) is 28.7 Å². The van der Waals surface area contributed by atoms with Gasteiger partial charge in [0.25, 0.3) is 5.91 Å². The van der Waals surface area contributed by atoms with Gasteiger partial charge in [0.15, 0.2) is 0 Å². The van der Waals surface area contributed by atoms with Gasteiger partial charge in [-0.3, -0.25) is 4.79 Å². The Hall–Kier alpha value is -1.07. The van der Waals surface area contributed by atoms with Crippen molar-refractivity contribution in [2.24, 2.45) is 0 Å². The Kier molecular flexibility index (Phi) is 4.50. The van der Waals surface area contributed by atoms with Crippen molar-refractivity contribution in [1.29, 1.82) is 0 Å². The number of nitrogens with zero attached hydrogens (tertiary/aromatic N) is 1. The topological polar surface area (TPSA) is 20.3 Å². The zero-order valence-corrected chi connectivity index (χ0v) is 14.3. The third-order valence-electron chi connectivity index (χ3n) is 3.85. The lowest BCUT2D eigenvalue weighted by atomic mass is 10.0. The molecule has 1 aliphatic heterocycles. The van der Waals surface area contributed by atoms with Crippen LogP contribution in [0.5, 0.6) is 0 Å². The first-order valence-corrected chi connectivity index (χ1v) is 8.43. The van der Waals surface area contributed by atoms with E-state index in [0.29, 0.717) is 0 Å². The number of amides is 1. The maximum Gasteiger partial charge on any atom is 0.255 e. The highest BCUT2D eigenvalue weighted by molar-refractivity contribution is 14.1. The Morgan fingerprint density at radius 1 is 1.19 bits per heavy atom. The Balaban J connectivity index is 1.91. The Bertz CT molecular complexity index is 673. The van der Waals surface area contributed by atoms with Crippen LogP contribution in [0.25, 0.3) is 0 Å². The van der Waals surface area contributed by atoms with Crippen LogP contribution in [0.4, 0.5) is 0 Å². The van der Waals surface area contributed by atoms with Crippen molar-refractivity contribution in [2.75, 3.05) is 6.54 Å². The van der Waals surface area contributed by atoms with E-state index in [1.54, 1.807) is 0 Å². The molecule has 1 unspecified atom stereocenters. The summed E-state index contributed by atoms with van der Waals surface area (Å²) < 4.78 is 0.997. The van der Waals surface area contributed by atoms with Crippen molar-refractivity contribution in [3.8, 4) is 0 Å². The van der Waals surface area contributed by atoms with Crippen LogP contribution < -0.4 is 0 Å². The molecule has 0 aromatic heterocycles. The average Bonchev–Trinajstić information content (AvgIpc) is 2.96. The van der Waals surface area contributed by atoms with Gasteiger partial charge in [0, 0.05) is 15.1 Å². The first-order valence-electron chi connectivity index (χ1n) is 6.98. The van der Waals surface area contributed by atoms with Gasteiger partial charge in [-0.15, -0.1) is 0 Å². The third kappa shape index (κ3) is 3.09. The molecule has 0 bridgehead atoms. The van der Waals surface area contributed by atoms with E-state index in [9.17, 15) is 4.79 Å². The Morgan fingerprint density at radius 3 is 2.76 bits per heavy atom. The zero-order valence-electron chi connectivity index (χ0n) is 11.4. The number of halogens is 2. The summed E-state index contributed by atoms with van der Waals surface area (Å²) in [6.07, 6.45) is 2.03. The molecule has 0 aliphatic carbocycles. The van der Waals surface area contributed by atoms with E-state index >= 15 is 0 Å². The van der Waals surface area contributed by atoms with E-state index in [0.717, 1.165) is 39.1 Å². The van der Waals surface area contributed by atoms with E-state index in [1.165, 1.54) is 0 Å². The van der Waals surface area contributed by atoms with Crippen molar-refractivity contribution in [3.05, 3.63) is 68.3 Å². The second-order valence-corrected chi connectivity index (χ2v) is 6.79. The van der Waals surface area contributed by atoms with E-state index < -0.39 is 0 Å². The van der Waals surface area contributed by atoms with Crippen LogP contribution in [0.15, 0.2) is 48.5 Å². The van der Waals surface area contributed by atoms with Gasteiger partial charge in [0.2, 0.25) is 0 Å². The van der Waals surface area contributed by atoms with Crippen LogP contribution in [0.1, 0.15) is 34.8 Å². The van der Waals surface area contributed by atoms with Gasteiger partial charge in [-0.05, 0) is 65.3 Å². The molecule has 2 aromatic carbocycles. The summed E-state index contributed by atoms with van der Waals surface area (Å²) in [5.41, 5.74) is 1.91. The predicted octanol–water partition coefficient (Wildman–Crippen LogP) is 4.92. The Labute approximate surface area is 143 Å². The third-order valence-corrected chi connectivity index (χ3v) is 5.03. The number of likely N-dealkylation sites (tertiary alicyclic amines) is 1. The van der Waals surface area contributed by atoms with E-state index in [4.69, 9.17) is 11.6 Å². The summed E-state index contributed by atoms with van der Waals surface area (Å²) in [7, 11) is 0. The quantitative estimate of drug-likeness (QED) is 0.642. The smallest absolute Gasteiger partial charge is 0.255 e. The first kappa shape index (κ1) is 14.9. The summed E-state index contributed by atoms with van der Waals surface area (Å²) in [5.74, 6) is 0.113. The largest absolute Gasteiger partial charge is 0.332 e. The number of carbonyl (C=O) groups excluding carboxylic acids is 1. The van der Waals surface area contributed by atoms with Gasteiger partial charge < -0.3 is 4.90 Å². The monoisotopic (exact) mass is 411 g/mol. The summed E-state index contributed by atoms with van der Waals surface area (Å²) in [6.45, 7) is 0.807. The molecule has 3 rings (SSSR count). The van der Waals surface area contributed by atoms with Gasteiger partial charge >= 0.3 is 0 Å². The average molecular weight is 412 g/mol. The molecule has 1 amide bonds. The highest BCUT2D eigenvalue weighted by Crippen LogP contribution is 2.34. The van der Waals surface area contributed by atoms with E-state index in [1.807, 2.05) is 47.4 Å². The highest BCUT2D eigenvalue weighted by Gasteiger charge is 2.31. The number of benzene rings is 2. The van der Waals surface area contributed by atoms with Crippen molar-refractivity contribution < 1.29 is 4.79 Å². The molecule has 0 saturated carbocycles. The second-order valence-electron chi connectivity index (χ2n) is 5.19. The fourth-order valence-electron chi connectivity index (χ4n) is 2.86. The van der Waals surface area contributed by atoms with Crippen molar-refractivity contribution in [3.63, 3.8) is 0 Å². The standard InChI is InChI=1S/C17H15ClINO/c18-13-6-3-5-12(11-13)16-9-4-10-20(16)17(21)14-7-1-2-8-15(14)19/h1-3,5-8,11,16H,4,9-10H2. The molecule has 4 heteroatoms. The molecule has 1 atom stereocenters. The van der Waals surface area contributed by atoms with Crippen LogP contribution in [-0.2, 0) is 0 Å². The fourth-order valence-corrected chi connectivity index (χ4v) is 3.68. The molecule has 108 valence electrons. The molecule has 0 spiro atoms. The van der Waals surface area contributed by atoms with Crippen LogP contribution in [-0.4, -0.2) is 17.4 Å². The number of hydrogen-bond donors (Lipinski definition) is 0. The summed E-state index contributed by atoms with van der Waals surface area (Å²) in [6, 6.07) is 15.7. The van der Waals surface area contributed by atoms with E-state index in [-0.39, 0.29) is 11.9 Å². The summed E-state index contributed by atoms with van der Waals surface area (Å²) in [5, 5.41) is 0.723. The van der Waals surface area contributed by atoms with Gasteiger partial charge in [-0.2, -0.15) is 0 Å². The predicted molar refractivity (Wildman–Crippen MR) is 93.6 cm³/mol. The highest BCUT2D eigenvalue weighted by atomic mass is 127. The molecule has 2 aromatic rings. The molecule has 1 heterocycles. The van der Waals surface area contributed by atoms with Gasteiger partial charge in [0.1, 0.15) is 0 Å². The molecular formula is C17H15ClINO. The van der Waals surface area contributed by atoms with Gasteiger partial charge in [-0.1, -0.05) is 35.9 Å². The number of rotatable bonds is 2.